The molecule has 2 heterocycles. The van der Waals surface area contributed by atoms with Crippen LogP contribution in [0.4, 0.5) is 17.6 Å². The number of carbonyl (C=O) groups excluding carboxylic acids is 2. The molecule has 7 nitrogen and oxygen atoms in total. The molecule has 4 rings (SSSR count). The number of aliphatic carboxylic acids is 1. The van der Waals surface area contributed by atoms with E-state index in [-0.39, 0.29) is 35.4 Å². The van der Waals surface area contributed by atoms with E-state index >= 15 is 0 Å². The third-order valence-electron chi connectivity index (χ3n) is 6.24. The summed E-state index contributed by atoms with van der Waals surface area (Å²) in [6.45, 7) is 1.83. The van der Waals surface area contributed by atoms with Crippen LogP contribution in [-0.2, 0) is 27.3 Å². The number of nitrogens with zero attached hydrogens (tertiary/aromatic N) is 3. The molecule has 2 aliphatic rings. The number of hydrogen-bond acceptors (Lipinski definition) is 4. The van der Waals surface area contributed by atoms with Crippen molar-refractivity contribution in [1.82, 2.24) is 14.8 Å². The van der Waals surface area contributed by atoms with Crippen LogP contribution in [0, 0.1) is 17.2 Å². The minimum absolute atomic E-state index is 0.00941. The molecule has 1 aliphatic carbocycles. The monoisotopic (exact) mass is 495 g/mol. The number of likely N-dealkylation sites (tertiary alicyclic amines) is 1. The summed E-state index contributed by atoms with van der Waals surface area (Å²) in [5.74, 6) is -2.88. The van der Waals surface area contributed by atoms with E-state index in [2.05, 4.69) is 4.98 Å². The fraction of sp³-hybridized carbons (Fsp3) is 0.417. The third-order valence-corrected chi connectivity index (χ3v) is 6.24. The van der Waals surface area contributed by atoms with Crippen molar-refractivity contribution in [2.45, 2.75) is 32.0 Å². The highest BCUT2D eigenvalue weighted by atomic mass is 19.4. The lowest BCUT2D eigenvalue weighted by Gasteiger charge is -2.19. The summed E-state index contributed by atoms with van der Waals surface area (Å²) < 4.78 is 44.8. The Morgan fingerprint density at radius 2 is 1.83 bits per heavy atom. The lowest BCUT2D eigenvalue weighted by molar-refractivity contribution is -0.192. The highest BCUT2D eigenvalue weighted by Gasteiger charge is 2.61. The van der Waals surface area contributed by atoms with E-state index in [1.807, 2.05) is 30.1 Å². The quantitative estimate of drug-likeness (QED) is 0.643. The van der Waals surface area contributed by atoms with Crippen molar-refractivity contribution >= 4 is 17.8 Å². The average molecular weight is 495 g/mol. The number of carbonyl (C=O) groups is 3. The number of amides is 2. The maximum Gasteiger partial charge on any atom is 0.490 e. The Labute approximate surface area is 199 Å². The summed E-state index contributed by atoms with van der Waals surface area (Å²) in [7, 11) is 1.81. The number of aromatic nitrogens is 1. The first-order valence-corrected chi connectivity index (χ1v) is 10.9. The summed E-state index contributed by atoms with van der Waals surface area (Å²) >= 11 is 0. The highest BCUT2D eigenvalue weighted by Crippen LogP contribution is 2.59. The van der Waals surface area contributed by atoms with Gasteiger partial charge in [-0.3, -0.25) is 14.6 Å². The van der Waals surface area contributed by atoms with Crippen molar-refractivity contribution in [3.8, 4) is 0 Å². The van der Waals surface area contributed by atoms with Crippen LogP contribution in [0.1, 0.15) is 24.1 Å². The number of pyridine rings is 1. The maximum atomic E-state index is 13.0. The summed E-state index contributed by atoms with van der Waals surface area (Å²) in [5, 5.41) is 7.12. The molecule has 2 amide bonds. The second-order valence-electron chi connectivity index (χ2n) is 8.81. The van der Waals surface area contributed by atoms with Gasteiger partial charge >= 0.3 is 12.1 Å². The van der Waals surface area contributed by atoms with E-state index in [0.717, 1.165) is 24.1 Å². The Kier molecular flexibility index (Phi) is 7.76. The number of rotatable bonds is 5. The van der Waals surface area contributed by atoms with E-state index in [1.54, 1.807) is 23.2 Å². The largest absolute Gasteiger partial charge is 0.490 e. The summed E-state index contributed by atoms with van der Waals surface area (Å²) in [5.41, 5.74) is 1.62. The van der Waals surface area contributed by atoms with Gasteiger partial charge in [-0.2, -0.15) is 13.2 Å². The van der Waals surface area contributed by atoms with Gasteiger partial charge in [0.15, 0.2) is 0 Å². The zero-order valence-electron chi connectivity index (χ0n) is 19.0. The van der Waals surface area contributed by atoms with E-state index in [4.69, 9.17) is 9.90 Å². The molecular weight excluding hydrogens is 470 g/mol. The predicted octanol–water partition coefficient (Wildman–Crippen LogP) is 3.29. The fourth-order valence-electron chi connectivity index (χ4n) is 4.22. The molecule has 2 unspecified atom stereocenters. The molecule has 1 aliphatic heterocycles. The Morgan fingerprint density at radius 3 is 2.40 bits per heavy atom. The van der Waals surface area contributed by atoms with Gasteiger partial charge in [0, 0.05) is 37.7 Å². The molecule has 188 valence electrons. The molecule has 1 N–H and O–H groups in total. The van der Waals surface area contributed by atoms with Crippen molar-refractivity contribution in [1.29, 1.82) is 0 Å². The minimum atomic E-state index is -5.08. The average Bonchev–Trinajstić information content (AvgIpc) is 3.33. The first-order valence-electron chi connectivity index (χ1n) is 10.9. The van der Waals surface area contributed by atoms with Crippen molar-refractivity contribution in [2.24, 2.45) is 11.3 Å². The molecule has 1 aromatic carbocycles. The minimum Gasteiger partial charge on any atom is -0.475 e. The SMILES string of the molecule is CN(Cc1ccccn1)C(=O)C1CC12CCN(C(=O)Cc1ccc(F)cc1)C2.O=C(O)C(F)(F)F. The molecule has 35 heavy (non-hydrogen) atoms. The van der Waals surface area contributed by atoms with E-state index in [0.29, 0.717) is 19.6 Å². The predicted molar refractivity (Wildman–Crippen MR) is 116 cm³/mol. The fourth-order valence-corrected chi connectivity index (χ4v) is 4.22. The number of halogens is 4. The normalized spacial score (nSPS) is 20.7. The van der Waals surface area contributed by atoms with Crippen LogP contribution >= 0.6 is 0 Å². The Bertz CT molecular complexity index is 1060. The molecule has 0 bridgehead atoms. The van der Waals surface area contributed by atoms with Crippen LogP contribution in [0.3, 0.4) is 0 Å². The van der Waals surface area contributed by atoms with Crippen LogP contribution in [0.2, 0.25) is 0 Å². The van der Waals surface area contributed by atoms with Gasteiger partial charge in [-0.1, -0.05) is 18.2 Å². The number of benzene rings is 1. The van der Waals surface area contributed by atoms with Gasteiger partial charge in [0.1, 0.15) is 5.82 Å². The smallest absolute Gasteiger partial charge is 0.475 e. The van der Waals surface area contributed by atoms with Gasteiger partial charge in [-0.05, 0) is 42.7 Å². The van der Waals surface area contributed by atoms with Crippen molar-refractivity contribution in [3.63, 3.8) is 0 Å². The van der Waals surface area contributed by atoms with Gasteiger partial charge < -0.3 is 14.9 Å². The second kappa shape index (κ2) is 10.4. The summed E-state index contributed by atoms with van der Waals surface area (Å²) in [6.07, 6.45) is -1.36. The van der Waals surface area contributed by atoms with E-state index in [1.165, 1.54) is 12.1 Å². The zero-order valence-corrected chi connectivity index (χ0v) is 19.0. The highest BCUT2D eigenvalue weighted by molar-refractivity contribution is 5.84. The first-order chi connectivity index (χ1) is 16.4. The molecule has 0 radical (unpaired) electrons. The third kappa shape index (κ3) is 6.77. The topological polar surface area (TPSA) is 90.8 Å². The van der Waals surface area contributed by atoms with Crippen molar-refractivity contribution in [3.05, 3.63) is 65.7 Å². The van der Waals surface area contributed by atoms with Crippen LogP contribution in [0.5, 0.6) is 0 Å². The van der Waals surface area contributed by atoms with Crippen LogP contribution in [0.25, 0.3) is 0 Å². The zero-order chi connectivity index (χ0) is 25.8. The van der Waals surface area contributed by atoms with Crippen LogP contribution in [-0.4, -0.2) is 64.0 Å². The van der Waals surface area contributed by atoms with Crippen LogP contribution < -0.4 is 0 Å². The first kappa shape index (κ1) is 26.1. The molecule has 1 spiro atoms. The Morgan fingerprint density at radius 1 is 1.17 bits per heavy atom. The molecule has 1 aromatic heterocycles. The van der Waals surface area contributed by atoms with Gasteiger partial charge in [-0.15, -0.1) is 0 Å². The number of alkyl halides is 3. The van der Waals surface area contributed by atoms with Gasteiger partial charge in [0.25, 0.3) is 0 Å². The van der Waals surface area contributed by atoms with E-state index < -0.39 is 12.1 Å². The van der Waals surface area contributed by atoms with Gasteiger partial charge in [0.2, 0.25) is 11.8 Å². The molecule has 11 heteroatoms. The van der Waals surface area contributed by atoms with Gasteiger partial charge in [0.05, 0.1) is 18.7 Å². The molecule has 1 saturated carbocycles. The number of carboxylic acid groups (broad SMARTS) is 1. The Balaban J connectivity index is 0.000000429. The van der Waals surface area contributed by atoms with E-state index in [9.17, 15) is 27.2 Å². The van der Waals surface area contributed by atoms with Gasteiger partial charge in [-0.25, -0.2) is 9.18 Å². The molecule has 2 fully saturated rings. The Hall–Kier alpha value is -3.50. The molecule has 2 atom stereocenters. The number of carboxylic acids is 1. The second-order valence-corrected chi connectivity index (χ2v) is 8.81. The lowest BCUT2D eigenvalue weighted by atomic mass is 10.0. The lowest BCUT2D eigenvalue weighted by Crippen LogP contribution is -2.33. The summed E-state index contributed by atoms with van der Waals surface area (Å²) in [6, 6.07) is 11.7. The number of hydrogen-bond donors (Lipinski definition) is 1. The van der Waals surface area contributed by atoms with Crippen molar-refractivity contribution < 1.29 is 37.1 Å². The van der Waals surface area contributed by atoms with Crippen molar-refractivity contribution in [2.75, 3.05) is 20.1 Å². The summed E-state index contributed by atoms with van der Waals surface area (Å²) in [4.78, 5) is 42.2. The molecular formula is C24H25F4N3O4. The molecule has 1 saturated heterocycles. The van der Waals surface area contributed by atoms with Crippen LogP contribution in [0.15, 0.2) is 48.7 Å². The maximum absolute atomic E-state index is 13.0. The molecule has 2 aromatic rings. The standard InChI is InChI=1S/C22H24FN3O2.C2HF3O2/c1-25(14-18-4-2-3-10-24-18)21(28)19-13-22(19)9-11-26(15-22)20(27)12-16-5-7-17(23)8-6-16;3-2(4,5)1(6)7/h2-8,10,19H,9,11-15H2,1H3;(H,6,7).